The number of nitrogens with zero attached hydrogens (tertiary/aromatic N) is 3. The van der Waals surface area contributed by atoms with E-state index in [1.54, 1.807) is 24.4 Å². The van der Waals surface area contributed by atoms with Gasteiger partial charge in [0.05, 0.1) is 16.1 Å². The van der Waals surface area contributed by atoms with Gasteiger partial charge in [0, 0.05) is 68.6 Å². The van der Waals surface area contributed by atoms with Crippen LogP contribution in [0.5, 0.6) is 17.2 Å². The fourth-order valence-electron chi connectivity index (χ4n) is 7.86. The summed E-state index contributed by atoms with van der Waals surface area (Å²) in [5, 5.41) is 25.1. The Morgan fingerprint density at radius 1 is 0.932 bits per heavy atom. The number of carbonyl (C=O) groups excluding carboxylic acids is 1. The van der Waals surface area contributed by atoms with E-state index in [0.717, 1.165) is 76.3 Å². The van der Waals surface area contributed by atoms with Gasteiger partial charge in [-0.3, -0.25) is 19.5 Å². The Labute approximate surface area is 349 Å². The van der Waals surface area contributed by atoms with E-state index < -0.39 is 5.97 Å². The summed E-state index contributed by atoms with van der Waals surface area (Å²) >= 11 is 6.80. The lowest BCUT2D eigenvalue weighted by atomic mass is 9.88. The number of amides is 1. The lowest BCUT2D eigenvalue weighted by Crippen LogP contribution is -2.67. The van der Waals surface area contributed by atoms with Gasteiger partial charge in [0.1, 0.15) is 43.1 Å². The molecule has 0 radical (unpaired) electrons. The number of rotatable bonds is 18. The molecule has 0 unspecified atom stereocenters. The normalized spacial score (nSPS) is 14.4. The van der Waals surface area contributed by atoms with Crippen molar-refractivity contribution in [2.24, 2.45) is 0 Å². The topological polar surface area (TPSA) is 146 Å². The van der Waals surface area contributed by atoms with Gasteiger partial charge in [-0.05, 0) is 96.4 Å². The second kappa shape index (κ2) is 18.8. The number of ether oxygens (including phenoxy) is 3. The third-order valence-corrected chi connectivity index (χ3v) is 11.4. The molecule has 2 aliphatic heterocycles. The van der Waals surface area contributed by atoms with E-state index in [0.29, 0.717) is 54.6 Å². The average Bonchev–Trinajstić information content (AvgIpc) is 3.62. The van der Waals surface area contributed by atoms with Crippen LogP contribution in [0.3, 0.4) is 0 Å². The Hall–Kier alpha value is -5.93. The SMILES string of the molecule is Cc1c(COc2cc(OCc3cncc(C#N)c3)c(CNCCCC(=O)O)cc2Cl)cccc1-c1cccc(-c2ccc(OCCN3CC4(CCC(=O)N4)C3)cc2)c1C. The molecule has 11 nitrogen and oxygen atoms in total. The second-order valence-electron chi connectivity index (χ2n) is 15.3. The zero-order chi connectivity index (χ0) is 41.4. The van der Waals surface area contributed by atoms with E-state index in [-0.39, 0.29) is 31.1 Å². The first-order chi connectivity index (χ1) is 28.6. The van der Waals surface area contributed by atoms with Crippen LogP contribution in [-0.4, -0.2) is 65.2 Å². The van der Waals surface area contributed by atoms with Gasteiger partial charge in [-0.2, -0.15) is 5.26 Å². The number of pyridine rings is 1. The number of carboxylic acid groups (broad SMARTS) is 1. The van der Waals surface area contributed by atoms with E-state index in [2.05, 4.69) is 82.9 Å². The summed E-state index contributed by atoms with van der Waals surface area (Å²) in [7, 11) is 0. The molecule has 1 aromatic heterocycles. The highest BCUT2D eigenvalue weighted by atomic mass is 35.5. The highest BCUT2D eigenvalue weighted by Crippen LogP contribution is 2.37. The van der Waals surface area contributed by atoms with Crippen molar-refractivity contribution < 1.29 is 28.9 Å². The largest absolute Gasteiger partial charge is 0.492 e. The first-order valence-electron chi connectivity index (χ1n) is 19.9. The predicted molar refractivity (Wildman–Crippen MR) is 226 cm³/mol. The number of hydrogen-bond donors (Lipinski definition) is 3. The van der Waals surface area contributed by atoms with E-state index in [1.807, 2.05) is 18.2 Å². The van der Waals surface area contributed by atoms with Crippen LogP contribution in [0.4, 0.5) is 0 Å². The van der Waals surface area contributed by atoms with Crippen molar-refractivity contribution in [3.8, 4) is 45.6 Å². The average molecular weight is 814 g/mol. The van der Waals surface area contributed by atoms with E-state index in [9.17, 15) is 14.9 Å². The molecular formula is C47H48ClN5O6. The van der Waals surface area contributed by atoms with E-state index in [4.69, 9.17) is 30.9 Å². The van der Waals surface area contributed by atoms with Crippen molar-refractivity contribution in [2.75, 3.05) is 32.8 Å². The quantitative estimate of drug-likeness (QED) is 0.0744. The Kier molecular flexibility index (Phi) is 13.1. The number of halogens is 1. The van der Waals surface area contributed by atoms with Gasteiger partial charge in [0.15, 0.2) is 0 Å². The Morgan fingerprint density at radius 3 is 2.42 bits per heavy atom. The first kappa shape index (κ1) is 41.2. The summed E-state index contributed by atoms with van der Waals surface area (Å²) < 4.78 is 18.7. The lowest BCUT2D eigenvalue weighted by Gasteiger charge is -2.47. The predicted octanol–water partition coefficient (Wildman–Crippen LogP) is 8.01. The van der Waals surface area contributed by atoms with Gasteiger partial charge in [-0.15, -0.1) is 0 Å². The Morgan fingerprint density at radius 2 is 1.68 bits per heavy atom. The third kappa shape index (κ3) is 10.2. The molecule has 2 aliphatic rings. The minimum Gasteiger partial charge on any atom is -0.492 e. The minimum atomic E-state index is -0.836. The van der Waals surface area contributed by atoms with Crippen LogP contribution in [0.2, 0.25) is 5.02 Å². The van der Waals surface area contributed by atoms with E-state index >= 15 is 0 Å². The standard InChI is InChI=1S/C47H48ClN5O6/c1-31-36(28-59-44-22-43(58-27-34-20-33(23-49)24-51-25-34)37(21-42(44)48)26-50-17-5-10-46(55)56)6-3-8-40(31)41-9-4-7-39(32(41)2)35-11-13-38(14-12-35)57-19-18-53-29-47(30-53)16-15-45(54)52-47/h3-4,6-9,11-14,20-22,24-25,50H,5,10,15-19,26-30H2,1-2H3,(H,52,54)(H,55,56). The molecule has 0 aliphatic carbocycles. The van der Waals surface area contributed by atoms with Gasteiger partial charge in [0.25, 0.3) is 0 Å². The number of aliphatic carboxylic acids is 1. The van der Waals surface area contributed by atoms with Crippen molar-refractivity contribution in [1.29, 1.82) is 5.26 Å². The molecule has 4 aromatic carbocycles. The molecule has 3 heterocycles. The molecule has 0 saturated carbocycles. The van der Waals surface area contributed by atoms with Crippen LogP contribution < -0.4 is 24.8 Å². The van der Waals surface area contributed by atoms with E-state index in [1.165, 1.54) is 11.8 Å². The lowest BCUT2D eigenvalue weighted by molar-refractivity contribution is -0.137. The van der Waals surface area contributed by atoms with Crippen molar-refractivity contribution in [1.82, 2.24) is 20.5 Å². The first-order valence-corrected chi connectivity index (χ1v) is 20.3. The summed E-state index contributed by atoms with van der Waals surface area (Å²) in [6, 6.07) is 28.3. The number of benzene rings is 4. The molecule has 2 saturated heterocycles. The number of carboxylic acids is 1. The van der Waals surface area contributed by atoms with Crippen LogP contribution in [0.1, 0.15) is 59.1 Å². The highest BCUT2D eigenvalue weighted by molar-refractivity contribution is 6.32. The number of likely N-dealkylation sites (tertiary alicyclic amines) is 1. The minimum absolute atomic E-state index is 0.0125. The molecule has 2 fully saturated rings. The summed E-state index contributed by atoms with van der Waals surface area (Å²) in [6.45, 7) is 8.84. The van der Waals surface area contributed by atoms with Gasteiger partial charge in [-0.1, -0.05) is 60.1 Å². The second-order valence-corrected chi connectivity index (χ2v) is 15.7. The molecule has 5 aromatic rings. The maximum Gasteiger partial charge on any atom is 0.303 e. The van der Waals surface area contributed by atoms with Crippen molar-refractivity contribution in [3.05, 3.63) is 130 Å². The maximum absolute atomic E-state index is 11.6. The molecule has 59 heavy (non-hydrogen) atoms. The number of nitrogens with one attached hydrogen (secondary N) is 2. The van der Waals surface area contributed by atoms with Crippen molar-refractivity contribution in [3.63, 3.8) is 0 Å². The summed E-state index contributed by atoms with van der Waals surface area (Å²) in [4.78, 5) is 29.1. The van der Waals surface area contributed by atoms with Crippen molar-refractivity contribution >= 4 is 23.5 Å². The zero-order valence-electron chi connectivity index (χ0n) is 33.4. The molecule has 0 bridgehead atoms. The maximum atomic E-state index is 11.6. The fraction of sp³-hybridized carbons (Fsp3) is 0.319. The highest BCUT2D eigenvalue weighted by Gasteiger charge is 2.47. The van der Waals surface area contributed by atoms with Crippen LogP contribution in [0, 0.1) is 25.2 Å². The number of aromatic nitrogens is 1. The Balaban J connectivity index is 1.01. The summed E-state index contributed by atoms with van der Waals surface area (Å²) in [6.07, 6.45) is 5.28. The van der Waals surface area contributed by atoms with Gasteiger partial charge in [-0.25, -0.2) is 0 Å². The van der Waals surface area contributed by atoms with Crippen LogP contribution in [0.15, 0.2) is 91.3 Å². The monoisotopic (exact) mass is 813 g/mol. The number of nitriles is 1. The van der Waals surface area contributed by atoms with Gasteiger partial charge < -0.3 is 30.0 Å². The molecule has 1 amide bonds. The van der Waals surface area contributed by atoms with Crippen LogP contribution >= 0.6 is 11.6 Å². The van der Waals surface area contributed by atoms with Crippen molar-refractivity contribution in [2.45, 2.75) is 64.8 Å². The smallest absolute Gasteiger partial charge is 0.303 e. The summed E-state index contributed by atoms with van der Waals surface area (Å²) in [5.74, 6) is 1.17. The molecular weight excluding hydrogens is 766 g/mol. The molecule has 0 atom stereocenters. The molecule has 1 spiro atoms. The van der Waals surface area contributed by atoms with Gasteiger partial charge in [0.2, 0.25) is 5.91 Å². The molecule has 7 rings (SSSR count). The molecule has 304 valence electrons. The molecule has 3 N–H and O–H groups in total. The molecule has 12 heteroatoms. The Bertz CT molecular complexity index is 2350. The van der Waals surface area contributed by atoms with Crippen LogP contribution in [-0.2, 0) is 29.3 Å². The fourth-order valence-corrected chi connectivity index (χ4v) is 8.11. The number of hydrogen-bond acceptors (Lipinski definition) is 9. The number of carbonyl (C=O) groups is 2. The van der Waals surface area contributed by atoms with Gasteiger partial charge >= 0.3 is 5.97 Å². The van der Waals surface area contributed by atoms with Crippen LogP contribution in [0.25, 0.3) is 22.3 Å². The summed E-state index contributed by atoms with van der Waals surface area (Å²) in [5.41, 5.74) is 9.73. The zero-order valence-corrected chi connectivity index (χ0v) is 34.1. The third-order valence-electron chi connectivity index (χ3n) is 11.1.